The highest BCUT2D eigenvalue weighted by Gasteiger charge is 2.19. The van der Waals surface area contributed by atoms with Crippen LogP contribution in [0.3, 0.4) is 0 Å². The first-order valence-electron chi connectivity index (χ1n) is 6.29. The van der Waals surface area contributed by atoms with Crippen molar-refractivity contribution in [3.63, 3.8) is 0 Å². The fourth-order valence-electron chi connectivity index (χ4n) is 2.47. The van der Waals surface area contributed by atoms with E-state index in [0.29, 0.717) is 5.92 Å². The van der Waals surface area contributed by atoms with Crippen LogP contribution in [0.15, 0.2) is 12.1 Å². The Balaban J connectivity index is 2.20. The van der Waals surface area contributed by atoms with Crippen LogP contribution in [-0.4, -0.2) is 18.3 Å². The SMILES string of the molecule is CCCC(CO)Cc1cc(Cl)cc2c1OCC2. The molecule has 0 bridgehead atoms. The Morgan fingerprint density at radius 3 is 3.00 bits per heavy atom. The monoisotopic (exact) mass is 254 g/mol. The van der Waals surface area contributed by atoms with E-state index in [2.05, 4.69) is 6.92 Å². The summed E-state index contributed by atoms with van der Waals surface area (Å²) in [6, 6.07) is 3.96. The van der Waals surface area contributed by atoms with Gasteiger partial charge in [0.2, 0.25) is 0 Å². The van der Waals surface area contributed by atoms with Crippen LogP contribution in [-0.2, 0) is 12.8 Å². The van der Waals surface area contributed by atoms with Crippen LogP contribution in [0.5, 0.6) is 5.75 Å². The van der Waals surface area contributed by atoms with Crippen molar-refractivity contribution in [3.05, 3.63) is 28.3 Å². The van der Waals surface area contributed by atoms with Gasteiger partial charge in [-0.15, -0.1) is 0 Å². The third-order valence-electron chi connectivity index (χ3n) is 3.29. The summed E-state index contributed by atoms with van der Waals surface area (Å²) in [6.07, 6.45) is 3.93. The molecule has 1 unspecified atom stereocenters. The number of halogens is 1. The van der Waals surface area contributed by atoms with Gasteiger partial charge in [-0.3, -0.25) is 0 Å². The van der Waals surface area contributed by atoms with Crippen LogP contribution in [0.1, 0.15) is 30.9 Å². The number of rotatable bonds is 5. The Morgan fingerprint density at radius 1 is 1.47 bits per heavy atom. The van der Waals surface area contributed by atoms with Crippen LogP contribution in [0, 0.1) is 5.92 Å². The summed E-state index contributed by atoms with van der Waals surface area (Å²) in [5, 5.41) is 10.1. The maximum Gasteiger partial charge on any atom is 0.125 e. The topological polar surface area (TPSA) is 29.5 Å². The Bertz CT molecular complexity index is 390. The fourth-order valence-corrected chi connectivity index (χ4v) is 2.74. The largest absolute Gasteiger partial charge is 0.493 e. The van der Waals surface area contributed by atoms with E-state index in [0.717, 1.165) is 48.6 Å². The highest BCUT2D eigenvalue weighted by Crippen LogP contribution is 2.34. The molecular weight excluding hydrogens is 236 g/mol. The molecule has 1 aromatic carbocycles. The molecule has 0 radical (unpaired) electrons. The van der Waals surface area contributed by atoms with Gasteiger partial charge in [-0.25, -0.2) is 0 Å². The van der Waals surface area contributed by atoms with E-state index >= 15 is 0 Å². The van der Waals surface area contributed by atoms with E-state index in [-0.39, 0.29) is 6.61 Å². The van der Waals surface area contributed by atoms with Crippen molar-refractivity contribution in [2.24, 2.45) is 5.92 Å². The average Bonchev–Trinajstić information content (AvgIpc) is 2.76. The molecule has 1 atom stereocenters. The Morgan fingerprint density at radius 2 is 2.29 bits per heavy atom. The minimum Gasteiger partial charge on any atom is -0.493 e. The normalized spacial score (nSPS) is 15.5. The van der Waals surface area contributed by atoms with E-state index in [1.807, 2.05) is 12.1 Å². The molecule has 0 amide bonds. The van der Waals surface area contributed by atoms with Crippen molar-refractivity contribution in [3.8, 4) is 5.75 Å². The summed E-state index contributed by atoms with van der Waals surface area (Å²) in [5.74, 6) is 1.32. The molecule has 0 saturated heterocycles. The van der Waals surface area contributed by atoms with E-state index < -0.39 is 0 Å². The van der Waals surface area contributed by atoms with Gasteiger partial charge in [-0.05, 0) is 42.0 Å². The Hall–Kier alpha value is -0.730. The minimum atomic E-state index is 0.231. The molecule has 3 heteroatoms. The van der Waals surface area contributed by atoms with Gasteiger partial charge in [0.25, 0.3) is 0 Å². The zero-order valence-corrected chi connectivity index (χ0v) is 11.0. The number of hydrogen-bond donors (Lipinski definition) is 1. The zero-order chi connectivity index (χ0) is 12.3. The summed E-state index contributed by atoms with van der Waals surface area (Å²) < 4.78 is 5.67. The molecule has 0 saturated carbocycles. The average molecular weight is 255 g/mol. The van der Waals surface area contributed by atoms with E-state index in [1.165, 1.54) is 5.56 Å². The zero-order valence-electron chi connectivity index (χ0n) is 10.2. The lowest BCUT2D eigenvalue weighted by molar-refractivity contribution is 0.216. The second-order valence-electron chi connectivity index (χ2n) is 4.69. The predicted molar refractivity (Wildman–Crippen MR) is 69.8 cm³/mol. The molecule has 2 nitrogen and oxygen atoms in total. The molecule has 17 heavy (non-hydrogen) atoms. The first-order valence-corrected chi connectivity index (χ1v) is 6.67. The number of ether oxygens (including phenoxy) is 1. The van der Waals surface area contributed by atoms with Crippen molar-refractivity contribution in [2.75, 3.05) is 13.2 Å². The highest BCUT2D eigenvalue weighted by molar-refractivity contribution is 6.30. The van der Waals surface area contributed by atoms with Gasteiger partial charge in [0, 0.05) is 18.1 Å². The third kappa shape index (κ3) is 2.93. The molecule has 1 heterocycles. The van der Waals surface area contributed by atoms with Crippen molar-refractivity contribution in [1.29, 1.82) is 0 Å². The van der Waals surface area contributed by atoms with Crippen molar-refractivity contribution in [2.45, 2.75) is 32.6 Å². The number of aliphatic hydroxyl groups is 1. The summed E-state index contributed by atoms with van der Waals surface area (Å²) in [4.78, 5) is 0. The van der Waals surface area contributed by atoms with Crippen molar-refractivity contribution < 1.29 is 9.84 Å². The molecule has 0 aliphatic carbocycles. The summed E-state index contributed by atoms with van der Waals surface area (Å²) in [5.41, 5.74) is 2.36. The van der Waals surface area contributed by atoms with Crippen LogP contribution < -0.4 is 4.74 Å². The van der Waals surface area contributed by atoms with Crippen LogP contribution in [0.25, 0.3) is 0 Å². The van der Waals surface area contributed by atoms with Gasteiger partial charge in [-0.2, -0.15) is 0 Å². The lowest BCUT2D eigenvalue weighted by atomic mass is 9.94. The minimum absolute atomic E-state index is 0.231. The smallest absolute Gasteiger partial charge is 0.125 e. The first-order chi connectivity index (χ1) is 8.24. The molecular formula is C14H19ClO2. The number of hydrogen-bond acceptors (Lipinski definition) is 2. The van der Waals surface area contributed by atoms with Crippen molar-refractivity contribution in [1.82, 2.24) is 0 Å². The summed E-state index contributed by atoms with van der Waals surface area (Å²) >= 11 is 6.11. The van der Waals surface area contributed by atoms with Crippen LogP contribution >= 0.6 is 11.6 Å². The molecule has 0 aromatic heterocycles. The van der Waals surface area contributed by atoms with Gasteiger partial charge in [0.15, 0.2) is 0 Å². The quantitative estimate of drug-likeness (QED) is 0.874. The second kappa shape index (κ2) is 5.74. The maximum atomic E-state index is 9.36. The molecule has 94 valence electrons. The van der Waals surface area contributed by atoms with Crippen LogP contribution in [0.4, 0.5) is 0 Å². The van der Waals surface area contributed by atoms with E-state index in [1.54, 1.807) is 0 Å². The second-order valence-corrected chi connectivity index (χ2v) is 5.13. The predicted octanol–water partition coefficient (Wildman–Crippen LogP) is 3.23. The van der Waals surface area contributed by atoms with Gasteiger partial charge in [0.05, 0.1) is 6.61 Å². The van der Waals surface area contributed by atoms with Gasteiger partial charge < -0.3 is 9.84 Å². The van der Waals surface area contributed by atoms with Crippen molar-refractivity contribution >= 4 is 11.6 Å². The Labute approximate surface area is 108 Å². The molecule has 1 aromatic rings. The van der Waals surface area contributed by atoms with Gasteiger partial charge in [-0.1, -0.05) is 24.9 Å². The standard InChI is InChI=1S/C14H19ClO2/c1-2-3-10(9-16)6-12-8-13(15)7-11-4-5-17-14(11)12/h7-8,10,16H,2-6,9H2,1H3. The molecule has 1 aliphatic heterocycles. The van der Waals surface area contributed by atoms with E-state index in [4.69, 9.17) is 16.3 Å². The molecule has 0 fully saturated rings. The third-order valence-corrected chi connectivity index (χ3v) is 3.51. The first kappa shape index (κ1) is 12.7. The number of fused-ring (bicyclic) bond motifs is 1. The molecule has 1 aliphatic rings. The summed E-state index contributed by atoms with van der Waals surface area (Å²) in [7, 11) is 0. The number of aliphatic hydroxyl groups excluding tert-OH is 1. The molecule has 1 N–H and O–H groups in total. The maximum absolute atomic E-state index is 9.36. The van der Waals surface area contributed by atoms with E-state index in [9.17, 15) is 5.11 Å². The molecule has 0 spiro atoms. The number of benzene rings is 1. The fraction of sp³-hybridized carbons (Fsp3) is 0.571. The highest BCUT2D eigenvalue weighted by atomic mass is 35.5. The lowest BCUT2D eigenvalue weighted by Gasteiger charge is -2.15. The van der Waals surface area contributed by atoms with Gasteiger partial charge >= 0.3 is 0 Å². The lowest BCUT2D eigenvalue weighted by Crippen LogP contribution is -2.10. The van der Waals surface area contributed by atoms with Crippen LogP contribution in [0.2, 0.25) is 5.02 Å². The summed E-state index contributed by atoms with van der Waals surface area (Å²) in [6.45, 7) is 3.12. The molecule has 2 rings (SSSR count). The Kier molecular flexibility index (Phi) is 4.30. The van der Waals surface area contributed by atoms with Gasteiger partial charge in [0.1, 0.15) is 5.75 Å².